The largest absolute Gasteiger partial charge is 0.481 e. The average Bonchev–Trinajstić information content (AvgIpc) is 3.64. The van der Waals surface area contributed by atoms with Gasteiger partial charge in [0, 0.05) is 24.0 Å². The van der Waals surface area contributed by atoms with Crippen molar-refractivity contribution in [1.82, 2.24) is 36.8 Å². The maximum atomic E-state index is 14.5. The number of carboxylic acid groups (broad SMARTS) is 3. The van der Waals surface area contributed by atoms with Gasteiger partial charge in [0.15, 0.2) is 6.10 Å². The highest BCUT2D eigenvalue weighted by atomic mass is 32.2. The number of hydrogen-bond donors (Lipinski definition) is 11. The Bertz CT molecular complexity index is 2230. The van der Waals surface area contributed by atoms with Gasteiger partial charge in [-0.3, -0.25) is 43.2 Å². The number of nitrogens with zero attached hydrogens (tertiary/aromatic N) is 1. The number of aliphatic hydroxyl groups excluding tert-OH is 1. The lowest BCUT2D eigenvalue weighted by molar-refractivity contribution is -0.148. The summed E-state index contributed by atoms with van der Waals surface area (Å²) < 4.78 is -1.02. The Morgan fingerprint density at radius 3 is 1.69 bits per heavy atom. The number of nitrogens with two attached hydrogens (primary N) is 1. The van der Waals surface area contributed by atoms with Gasteiger partial charge < -0.3 is 63.0 Å². The second-order valence-corrected chi connectivity index (χ2v) is 20.7. The van der Waals surface area contributed by atoms with Gasteiger partial charge >= 0.3 is 17.9 Å². The van der Waals surface area contributed by atoms with Crippen molar-refractivity contribution >= 4 is 71.0 Å². The lowest BCUT2D eigenvalue weighted by atomic mass is 9.96. The lowest BCUT2D eigenvalue weighted by Gasteiger charge is -2.34. The molecule has 1 aliphatic rings. The molecule has 9 atom stereocenters. The van der Waals surface area contributed by atoms with E-state index in [0.29, 0.717) is 11.1 Å². The SMILES string of the molecule is CC(C)C[C@H](NC(=O)[C@@H](NC(=O)[C@@H](N)CCC(=O)O)C(C)C)C(=O)N[C@@H](Cc1ccccc1)[C@@H](O)C(=O)N1CSC(C)(C)[C@H]1C(=O)N[C@@H](C)C(=O)NC(CCC(=O)O)C(=O)N[C@@H](Cc1ccccc1)C(=O)O. The van der Waals surface area contributed by atoms with Gasteiger partial charge in [0.1, 0.15) is 36.3 Å². The summed E-state index contributed by atoms with van der Waals surface area (Å²) in [6.45, 7) is 11.5. The normalized spacial score (nSPS) is 17.4. The predicted molar refractivity (Wildman–Crippen MR) is 264 cm³/mol. The molecule has 0 aliphatic carbocycles. The van der Waals surface area contributed by atoms with Crippen molar-refractivity contribution < 1.29 is 68.4 Å². The molecule has 2 aromatic carbocycles. The third-order valence-electron chi connectivity index (χ3n) is 11.9. The van der Waals surface area contributed by atoms with Crippen molar-refractivity contribution in [3.8, 4) is 0 Å². The van der Waals surface area contributed by atoms with Gasteiger partial charge in [-0.2, -0.15) is 0 Å². The van der Waals surface area contributed by atoms with Crippen molar-refractivity contribution in [1.29, 1.82) is 0 Å². The number of carbonyl (C=O) groups excluding carboxylic acids is 7. The first-order valence-corrected chi connectivity index (χ1v) is 24.6. The second kappa shape index (κ2) is 27.9. The number of hydrogen-bond acceptors (Lipinski definition) is 13. The van der Waals surface area contributed by atoms with Crippen LogP contribution in [0.15, 0.2) is 60.7 Å². The summed E-state index contributed by atoms with van der Waals surface area (Å²) in [5.41, 5.74) is 7.09. The van der Waals surface area contributed by atoms with Crippen LogP contribution >= 0.6 is 11.8 Å². The highest BCUT2D eigenvalue weighted by molar-refractivity contribution is 8.00. The van der Waals surface area contributed by atoms with Gasteiger partial charge in [0.25, 0.3) is 5.91 Å². The number of carbonyl (C=O) groups is 10. The van der Waals surface area contributed by atoms with E-state index in [1.807, 2.05) is 0 Å². The minimum absolute atomic E-state index is 0.0869. The van der Waals surface area contributed by atoms with Crippen molar-refractivity contribution in [2.75, 3.05) is 5.88 Å². The van der Waals surface area contributed by atoms with Gasteiger partial charge in [-0.1, -0.05) is 88.4 Å². The number of aliphatic carboxylic acids is 3. The van der Waals surface area contributed by atoms with Gasteiger partial charge in [0.2, 0.25) is 35.4 Å². The highest BCUT2D eigenvalue weighted by Gasteiger charge is 2.50. The lowest BCUT2D eigenvalue weighted by Crippen LogP contribution is -2.62. The summed E-state index contributed by atoms with van der Waals surface area (Å²) in [5, 5.41) is 55.5. The van der Waals surface area contributed by atoms with Gasteiger partial charge in [0.05, 0.1) is 18.0 Å². The quantitative estimate of drug-likeness (QED) is 0.0546. The van der Waals surface area contributed by atoms with Crippen molar-refractivity contribution in [2.45, 2.75) is 153 Å². The average molecular weight is 1030 g/mol. The zero-order valence-corrected chi connectivity index (χ0v) is 42.4. The summed E-state index contributed by atoms with van der Waals surface area (Å²) in [7, 11) is 0. The van der Waals surface area contributed by atoms with E-state index in [-0.39, 0.29) is 43.9 Å². The van der Waals surface area contributed by atoms with E-state index >= 15 is 0 Å². The Labute approximate surface area is 422 Å². The van der Waals surface area contributed by atoms with Crippen LogP contribution in [0.25, 0.3) is 0 Å². The van der Waals surface area contributed by atoms with E-state index in [2.05, 4.69) is 31.9 Å². The van der Waals surface area contributed by atoms with Crippen LogP contribution in [0.2, 0.25) is 0 Å². The molecular formula is C49H70N8O14S. The molecule has 2 aromatic rings. The Morgan fingerprint density at radius 2 is 1.17 bits per heavy atom. The molecule has 0 aromatic heterocycles. The van der Waals surface area contributed by atoms with Crippen LogP contribution in [-0.4, -0.2) is 150 Å². The van der Waals surface area contributed by atoms with Crippen LogP contribution in [-0.2, 0) is 60.8 Å². The van der Waals surface area contributed by atoms with E-state index in [4.69, 9.17) is 10.8 Å². The molecule has 0 bridgehead atoms. The standard InChI is InChI=1S/C49H70N8O14S/c1-26(2)22-34(54-45(67)38(27(3)4)56-42(64)31(50)18-20-36(58)59)44(66)53-33(23-29-14-10-8-11-15-29)39(62)47(69)57-25-72-49(6,7)40(57)46(68)51-28(5)41(63)52-32(19-21-37(60)61)43(65)55-35(48(70)71)24-30-16-12-9-13-17-30/h8-17,26-28,31-35,38-40,62H,18-25,50H2,1-7H3,(H,51,68)(H,52,63)(H,53,66)(H,54,67)(H,55,65)(H,56,64)(H,58,59)(H,60,61)(H,70,71)/t28-,31-,32?,33-,34-,35-,38-,39+,40+/m0/s1. The van der Waals surface area contributed by atoms with Gasteiger partial charge in [-0.05, 0) is 69.4 Å². The topological polar surface area (TPSA) is 353 Å². The number of nitrogens with one attached hydrogen (secondary N) is 6. The Morgan fingerprint density at radius 1 is 0.653 bits per heavy atom. The van der Waals surface area contributed by atoms with Gasteiger partial charge in [-0.15, -0.1) is 11.8 Å². The van der Waals surface area contributed by atoms with Crippen LogP contribution in [0.5, 0.6) is 0 Å². The van der Waals surface area contributed by atoms with Crippen molar-refractivity contribution in [2.24, 2.45) is 17.6 Å². The minimum Gasteiger partial charge on any atom is -0.481 e. The highest BCUT2D eigenvalue weighted by Crippen LogP contribution is 2.40. The number of thioether (sulfide) groups is 1. The number of aliphatic hydroxyl groups is 1. The van der Waals surface area contributed by atoms with Crippen molar-refractivity contribution in [3.05, 3.63) is 71.8 Å². The molecule has 72 heavy (non-hydrogen) atoms. The van der Waals surface area contributed by atoms with E-state index in [1.54, 1.807) is 102 Å². The maximum Gasteiger partial charge on any atom is 0.326 e. The van der Waals surface area contributed by atoms with E-state index < -0.39 is 137 Å². The molecule has 0 radical (unpaired) electrons. The summed E-state index contributed by atoms with van der Waals surface area (Å²) >= 11 is 1.20. The maximum absolute atomic E-state index is 14.5. The van der Waals surface area contributed by atoms with Crippen LogP contribution in [0, 0.1) is 11.8 Å². The van der Waals surface area contributed by atoms with Crippen LogP contribution in [0.4, 0.5) is 0 Å². The van der Waals surface area contributed by atoms with E-state index in [0.717, 1.165) is 4.90 Å². The Balaban J connectivity index is 1.84. The molecule has 1 saturated heterocycles. The molecule has 0 saturated carbocycles. The molecule has 396 valence electrons. The van der Waals surface area contributed by atoms with Crippen LogP contribution in [0.3, 0.4) is 0 Å². The number of rotatable bonds is 28. The minimum atomic E-state index is -1.98. The molecule has 22 nitrogen and oxygen atoms in total. The summed E-state index contributed by atoms with van der Waals surface area (Å²) in [6, 6.07) is 6.37. The smallest absolute Gasteiger partial charge is 0.326 e. The number of benzene rings is 2. The zero-order valence-electron chi connectivity index (χ0n) is 41.6. The van der Waals surface area contributed by atoms with Crippen molar-refractivity contribution in [3.63, 3.8) is 0 Å². The third kappa shape index (κ3) is 18.5. The van der Waals surface area contributed by atoms with Crippen LogP contribution in [0.1, 0.15) is 91.7 Å². The van der Waals surface area contributed by atoms with E-state index in [1.165, 1.54) is 18.7 Å². The first-order valence-electron chi connectivity index (χ1n) is 23.7. The fourth-order valence-electron chi connectivity index (χ4n) is 7.83. The second-order valence-electron chi connectivity index (χ2n) is 19.1. The Kier molecular flexibility index (Phi) is 23.1. The van der Waals surface area contributed by atoms with E-state index in [9.17, 15) is 63.3 Å². The molecular weight excluding hydrogens is 957 g/mol. The summed E-state index contributed by atoms with van der Waals surface area (Å²) in [4.78, 5) is 132. The molecule has 12 N–H and O–H groups in total. The third-order valence-corrected chi connectivity index (χ3v) is 13.2. The van der Waals surface area contributed by atoms with Gasteiger partial charge in [-0.25, -0.2) is 4.79 Å². The fourth-order valence-corrected chi connectivity index (χ4v) is 8.97. The van der Waals surface area contributed by atoms with Crippen LogP contribution < -0.4 is 37.6 Å². The first kappa shape index (κ1) is 59.7. The molecule has 0 spiro atoms. The fraction of sp³-hybridized carbons (Fsp3) is 0.551. The summed E-state index contributed by atoms with van der Waals surface area (Å²) in [5.74, 6) is -10.6. The molecule has 1 fully saturated rings. The molecule has 3 rings (SSSR count). The molecule has 23 heteroatoms. The monoisotopic (exact) mass is 1030 g/mol. The molecule has 1 aliphatic heterocycles. The molecule has 1 heterocycles. The zero-order chi connectivity index (χ0) is 54.0. The predicted octanol–water partition coefficient (Wildman–Crippen LogP) is 0.285. The number of amides is 7. The molecule has 7 amide bonds. The summed E-state index contributed by atoms with van der Waals surface area (Å²) in [6.07, 6.45) is -3.64. The molecule has 1 unspecified atom stereocenters. The Hall–Kier alpha value is -6.59. The number of carboxylic acids is 3. The first-order chi connectivity index (χ1) is 33.7.